The van der Waals surface area contributed by atoms with Gasteiger partial charge in [0.1, 0.15) is 11.5 Å². The van der Waals surface area contributed by atoms with Gasteiger partial charge in [-0.05, 0) is 37.3 Å². The highest BCUT2D eigenvalue weighted by Crippen LogP contribution is 2.28. The number of phenolic OH excluding ortho intramolecular Hbond substituents is 1. The lowest BCUT2D eigenvalue weighted by Crippen LogP contribution is -2.19. The van der Waals surface area contributed by atoms with E-state index in [0.29, 0.717) is 6.54 Å². The molecule has 2 aromatic rings. The van der Waals surface area contributed by atoms with Crippen LogP contribution >= 0.6 is 0 Å². The number of aromatic nitrogens is 2. The number of phenols is 1. The number of nitrogens with zero attached hydrogens (tertiary/aromatic N) is 2. The lowest BCUT2D eigenvalue weighted by atomic mass is 10.1. The van der Waals surface area contributed by atoms with Gasteiger partial charge in [0.25, 0.3) is 0 Å². The number of rotatable bonds is 5. The molecule has 1 unspecified atom stereocenters. The highest BCUT2D eigenvalue weighted by molar-refractivity contribution is 5.41. The van der Waals surface area contributed by atoms with Crippen LogP contribution in [0.15, 0.2) is 36.5 Å². The zero-order chi connectivity index (χ0) is 13.7. The van der Waals surface area contributed by atoms with Gasteiger partial charge in [-0.2, -0.15) is 10.2 Å². The fourth-order valence-corrected chi connectivity index (χ4v) is 1.80. The Hall–Kier alpha value is -2.14. The Labute approximate surface area is 112 Å². The van der Waals surface area contributed by atoms with Crippen LogP contribution < -0.4 is 10.1 Å². The molecule has 5 heteroatoms. The predicted octanol–water partition coefficient (Wildman–Crippen LogP) is 2.04. The summed E-state index contributed by atoms with van der Waals surface area (Å²) in [6.45, 7) is 2.57. The first-order chi connectivity index (χ1) is 9.20. The molecule has 0 radical (unpaired) electrons. The monoisotopic (exact) mass is 259 g/mol. The summed E-state index contributed by atoms with van der Waals surface area (Å²) in [5.41, 5.74) is 1.65. The molecule has 2 rings (SSSR count). The minimum atomic E-state index is -0.0166. The van der Waals surface area contributed by atoms with E-state index < -0.39 is 0 Å². The zero-order valence-corrected chi connectivity index (χ0v) is 11.0. The summed E-state index contributed by atoms with van der Waals surface area (Å²) in [4.78, 5) is 0. The minimum Gasteiger partial charge on any atom is -0.508 e. The van der Waals surface area contributed by atoms with Crippen molar-refractivity contribution >= 4 is 0 Å². The third-order valence-electron chi connectivity index (χ3n) is 2.92. The summed E-state index contributed by atoms with van der Waals surface area (Å²) in [7, 11) is 1.60. The van der Waals surface area contributed by atoms with Crippen molar-refractivity contribution < 1.29 is 9.84 Å². The van der Waals surface area contributed by atoms with E-state index in [9.17, 15) is 5.11 Å². The van der Waals surface area contributed by atoms with Gasteiger partial charge in [-0.25, -0.2) is 0 Å². The van der Waals surface area contributed by atoms with Gasteiger partial charge < -0.3 is 15.2 Å². The molecule has 1 atom stereocenters. The summed E-state index contributed by atoms with van der Waals surface area (Å²) < 4.78 is 5.16. The maximum atomic E-state index is 9.87. The van der Waals surface area contributed by atoms with Crippen molar-refractivity contribution in [3.05, 3.63) is 47.8 Å². The molecule has 5 nitrogen and oxygen atoms in total. The van der Waals surface area contributed by atoms with Gasteiger partial charge >= 0.3 is 0 Å². The molecule has 1 heterocycles. The van der Waals surface area contributed by atoms with Crippen molar-refractivity contribution in [1.29, 1.82) is 0 Å². The predicted molar refractivity (Wildman–Crippen MR) is 71.9 cm³/mol. The van der Waals surface area contributed by atoms with Crippen LogP contribution in [0.4, 0.5) is 0 Å². The second-order valence-electron chi connectivity index (χ2n) is 4.24. The molecule has 0 saturated carbocycles. The molecule has 0 fully saturated rings. The van der Waals surface area contributed by atoms with E-state index in [4.69, 9.17) is 4.74 Å². The maximum absolute atomic E-state index is 9.87. The van der Waals surface area contributed by atoms with Crippen molar-refractivity contribution in [3.8, 4) is 11.5 Å². The second-order valence-corrected chi connectivity index (χ2v) is 4.24. The number of hydrogen-bond donors (Lipinski definition) is 2. The fourth-order valence-electron chi connectivity index (χ4n) is 1.80. The Morgan fingerprint density at radius 1 is 1.37 bits per heavy atom. The van der Waals surface area contributed by atoms with E-state index in [-0.39, 0.29) is 11.8 Å². The fraction of sp³-hybridized carbons (Fsp3) is 0.286. The molecule has 0 aliphatic rings. The molecule has 19 heavy (non-hydrogen) atoms. The topological polar surface area (TPSA) is 67.3 Å². The molecule has 1 aromatic heterocycles. The second kappa shape index (κ2) is 6.15. The van der Waals surface area contributed by atoms with Gasteiger partial charge in [0, 0.05) is 24.3 Å². The van der Waals surface area contributed by atoms with Crippen LogP contribution in [0.1, 0.15) is 24.2 Å². The Balaban J connectivity index is 2.05. The Kier molecular flexibility index (Phi) is 4.30. The number of nitrogens with one attached hydrogen (secondary N) is 1. The van der Waals surface area contributed by atoms with Crippen molar-refractivity contribution in [2.24, 2.45) is 0 Å². The summed E-state index contributed by atoms with van der Waals surface area (Å²) >= 11 is 0. The SMILES string of the molecule is COc1ccc(O)c(C(C)NCc2cccnn2)c1. The van der Waals surface area contributed by atoms with Gasteiger partial charge in [-0.15, -0.1) is 0 Å². The molecule has 100 valence electrons. The number of hydrogen-bond acceptors (Lipinski definition) is 5. The maximum Gasteiger partial charge on any atom is 0.120 e. The molecule has 0 aliphatic heterocycles. The first-order valence-corrected chi connectivity index (χ1v) is 6.07. The molecular formula is C14H17N3O2. The summed E-state index contributed by atoms with van der Waals surface area (Å²) in [6, 6.07) is 8.92. The van der Waals surface area contributed by atoms with Crippen LogP contribution in [0.3, 0.4) is 0 Å². The normalized spacial score (nSPS) is 12.1. The first-order valence-electron chi connectivity index (χ1n) is 6.07. The van der Waals surface area contributed by atoms with E-state index in [1.807, 2.05) is 25.1 Å². The van der Waals surface area contributed by atoms with Gasteiger partial charge in [-0.1, -0.05) is 0 Å². The van der Waals surface area contributed by atoms with Crippen LogP contribution in [0.5, 0.6) is 11.5 Å². The number of aromatic hydroxyl groups is 1. The van der Waals surface area contributed by atoms with Gasteiger partial charge in [0.05, 0.1) is 12.8 Å². The third-order valence-corrected chi connectivity index (χ3v) is 2.92. The molecule has 2 N–H and O–H groups in total. The lowest BCUT2D eigenvalue weighted by Gasteiger charge is -2.16. The van der Waals surface area contributed by atoms with Crippen molar-refractivity contribution in [2.45, 2.75) is 19.5 Å². The van der Waals surface area contributed by atoms with Crippen LogP contribution in [0, 0.1) is 0 Å². The average molecular weight is 259 g/mol. The van der Waals surface area contributed by atoms with Gasteiger partial charge in [-0.3, -0.25) is 0 Å². The van der Waals surface area contributed by atoms with Crippen LogP contribution in [-0.2, 0) is 6.54 Å². The molecule has 0 aliphatic carbocycles. The zero-order valence-electron chi connectivity index (χ0n) is 11.0. The Morgan fingerprint density at radius 3 is 2.89 bits per heavy atom. The average Bonchev–Trinajstić information content (AvgIpc) is 2.46. The van der Waals surface area contributed by atoms with E-state index in [1.165, 1.54) is 0 Å². The van der Waals surface area contributed by atoms with Crippen LogP contribution in [-0.4, -0.2) is 22.4 Å². The third kappa shape index (κ3) is 3.42. The molecule has 0 bridgehead atoms. The van der Waals surface area contributed by atoms with E-state index in [0.717, 1.165) is 17.0 Å². The molecule has 0 spiro atoms. The van der Waals surface area contributed by atoms with E-state index >= 15 is 0 Å². The largest absolute Gasteiger partial charge is 0.508 e. The van der Waals surface area contributed by atoms with E-state index in [2.05, 4.69) is 15.5 Å². The summed E-state index contributed by atoms with van der Waals surface area (Å²) in [5.74, 6) is 0.973. The standard InChI is InChI=1S/C14H17N3O2/c1-10(15-9-11-4-3-7-16-17-11)13-8-12(19-2)5-6-14(13)18/h3-8,10,15,18H,9H2,1-2H3. The highest BCUT2D eigenvalue weighted by atomic mass is 16.5. The Bertz CT molecular complexity index is 531. The van der Waals surface area contributed by atoms with Crippen molar-refractivity contribution in [3.63, 3.8) is 0 Å². The lowest BCUT2D eigenvalue weighted by molar-refractivity contribution is 0.407. The number of ether oxygens (including phenoxy) is 1. The molecule has 0 saturated heterocycles. The smallest absolute Gasteiger partial charge is 0.120 e. The van der Waals surface area contributed by atoms with Crippen molar-refractivity contribution in [1.82, 2.24) is 15.5 Å². The highest BCUT2D eigenvalue weighted by Gasteiger charge is 2.11. The van der Waals surface area contributed by atoms with E-state index in [1.54, 1.807) is 25.4 Å². The number of methoxy groups -OCH3 is 1. The summed E-state index contributed by atoms with van der Waals surface area (Å²) in [6.07, 6.45) is 1.64. The molecule has 0 amide bonds. The quantitative estimate of drug-likeness (QED) is 0.860. The molecular weight excluding hydrogens is 242 g/mol. The summed E-state index contributed by atoms with van der Waals surface area (Å²) in [5, 5.41) is 21.0. The van der Waals surface area contributed by atoms with Crippen LogP contribution in [0.25, 0.3) is 0 Å². The van der Waals surface area contributed by atoms with Gasteiger partial charge in [0.15, 0.2) is 0 Å². The first kappa shape index (κ1) is 13.3. The Morgan fingerprint density at radius 2 is 2.21 bits per heavy atom. The van der Waals surface area contributed by atoms with Gasteiger partial charge in [0.2, 0.25) is 0 Å². The van der Waals surface area contributed by atoms with Crippen molar-refractivity contribution in [2.75, 3.05) is 7.11 Å². The minimum absolute atomic E-state index is 0.0166. The number of benzene rings is 1. The van der Waals surface area contributed by atoms with Crippen LogP contribution in [0.2, 0.25) is 0 Å². The molecule has 1 aromatic carbocycles.